The Morgan fingerprint density at radius 3 is 2.50 bits per heavy atom. The van der Waals surface area contributed by atoms with Crippen LogP contribution in [0.4, 0.5) is 19.0 Å². The number of likely N-dealkylation sites (N-methyl/N-ethyl adjacent to an activating group) is 1. The largest absolute Gasteiger partial charge is 0.417 e. The van der Waals surface area contributed by atoms with E-state index in [-0.39, 0.29) is 0 Å². The third kappa shape index (κ3) is 4.06. The lowest BCUT2D eigenvalue weighted by molar-refractivity contribution is -0.137. The van der Waals surface area contributed by atoms with Crippen LogP contribution in [0.5, 0.6) is 0 Å². The molecule has 0 unspecified atom stereocenters. The van der Waals surface area contributed by atoms with E-state index in [0.29, 0.717) is 12.4 Å². The van der Waals surface area contributed by atoms with Gasteiger partial charge in [0.1, 0.15) is 5.82 Å². The third-order valence-corrected chi connectivity index (χ3v) is 1.95. The van der Waals surface area contributed by atoms with Crippen molar-refractivity contribution in [2.45, 2.75) is 13.1 Å². The second-order valence-corrected chi connectivity index (χ2v) is 3.21. The zero-order valence-corrected chi connectivity index (χ0v) is 8.93. The van der Waals surface area contributed by atoms with E-state index in [0.717, 1.165) is 25.4 Å². The summed E-state index contributed by atoms with van der Waals surface area (Å²) in [6.45, 7) is 4.23. The summed E-state index contributed by atoms with van der Waals surface area (Å²) in [4.78, 5) is 3.68. The van der Waals surface area contributed by atoms with Gasteiger partial charge in [0.25, 0.3) is 0 Å². The summed E-state index contributed by atoms with van der Waals surface area (Å²) in [7, 11) is 0. The molecule has 0 spiro atoms. The molecule has 0 saturated heterocycles. The quantitative estimate of drug-likeness (QED) is 0.765. The van der Waals surface area contributed by atoms with Crippen LogP contribution >= 0.6 is 0 Å². The minimum atomic E-state index is -4.32. The van der Waals surface area contributed by atoms with Gasteiger partial charge in [-0.3, -0.25) is 0 Å². The highest BCUT2D eigenvalue weighted by molar-refractivity contribution is 5.36. The number of pyridine rings is 1. The Kier molecular flexibility index (Phi) is 4.54. The highest BCUT2D eigenvalue weighted by Crippen LogP contribution is 2.28. The normalized spacial score (nSPS) is 11.5. The Hall–Kier alpha value is -1.30. The molecule has 16 heavy (non-hydrogen) atoms. The molecule has 0 fully saturated rings. The van der Waals surface area contributed by atoms with Crippen LogP contribution in [-0.4, -0.2) is 24.6 Å². The summed E-state index contributed by atoms with van der Waals surface area (Å²) in [5, 5.41) is 6.00. The average Bonchev–Trinajstić information content (AvgIpc) is 2.24. The number of aromatic nitrogens is 1. The first-order valence-electron chi connectivity index (χ1n) is 5.02. The van der Waals surface area contributed by atoms with E-state index in [9.17, 15) is 13.2 Å². The number of rotatable bonds is 5. The molecule has 90 valence electrons. The maximum atomic E-state index is 12.2. The summed E-state index contributed by atoms with van der Waals surface area (Å²) < 4.78 is 36.6. The number of nitrogens with one attached hydrogen (secondary N) is 2. The molecule has 6 heteroatoms. The summed E-state index contributed by atoms with van der Waals surface area (Å²) in [6.07, 6.45) is -3.50. The second-order valence-electron chi connectivity index (χ2n) is 3.21. The Labute approximate surface area is 92.1 Å². The Bertz CT molecular complexity index is 308. The van der Waals surface area contributed by atoms with Gasteiger partial charge in [-0.05, 0) is 18.7 Å². The van der Waals surface area contributed by atoms with Gasteiger partial charge in [0, 0.05) is 19.3 Å². The maximum Gasteiger partial charge on any atom is 0.417 e. The third-order valence-electron chi connectivity index (χ3n) is 1.95. The molecular formula is C10H14F3N3. The van der Waals surface area contributed by atoms with Gasteiger partial charge in [-0.25, -0.2) is 4.98 Å². The van der Waals surface area contributed by atoms with Crippen molar-refractivity contribution >= 4 is 5.82 Å². The molecule has 0 bridgehead atoms. The molecule has 0 saturated carbocycles. The van der Waals surface area contributed by atoms with E-state index in [2.05, 4.69) is 15.6 Å². The lowest BCUT2D eigenvalue weighted by Gasteiger charge is -2.08. The van der Waals surface area contributed by atoms with Crippen LogP contribution in [0.2, 0.25) is 0 Å². The van der Waals surface area contributed by atoms with Crippen molar-refractivity contribution < 1.29 is 13.2 Å². The van der Waals surface area contributed by atoms with Crippen LogP contribution in [-0.2, 0) is 6.18 Å². The smallest absolute Gasteiger partial charge is 0.369 e. The summed E-state index contributed by atoms with van der Waals surface area (Å²) in [6, 6.07) is 2.34. The van der Waals surface area contributed by atoms with Gasteiger partial charge in [-0.2, -0.15) is 13.2 Å². The Morgan fingerprint density at radius 1 is 1.25 bits per heavy atom. The monoisotopic (exact) mass is 233 g/mol. The van der Waals surface area contributed by atoms with Gasteiger partial charge in [0.2, 0.25) is 0 Å². The van der Waals surface area contributed by atoms with Crippen LogP contribution in [0.15, 0.2) is 18.3 Å². The molecule has 0 atom stereocenters. The predicted molar refractivity (Wildman–Crippen MR) is 56.3 cm³/mol. The Morgan fingerprint density at radius 2 is 2.00 bits per heavy atom. The van der Waals surface area contributed by atoms with Crippen molar-refractivity contribution in [3.8, 4) is 0 Å². The van der Waals surface area contributed by atoms with Crippen LogP contribution in [0.25, 0.3) is 0 Å². The summed E-state index contributed by atoms with van der Waals surface area (Å²) >= 11 is 0. The van der Waals surface area contributed by atoms with Crippen molar-refractivity contribution in [3.63, 3.8) is 0 Å². The van der Waals surface area contributed by atoms with Gasteiger partial charge in [0.15, 0.2) is 0 Å². The van der Waals surface area contributed by atoms with E-state index in [1.165, 1.54) is 6.07 Å². The number of nitrogens with zero attached hydrogens (tertiary/aromatic N) is 1. The number of alkyl halides is 3. The molecule has 0 aliphatic rings. The average molecular weight is 233 g/mol. The van der Waals surface area contributed by atoms with Crippen LogP contribution < -0.4 is 10.6 Å². The van der Waals surface area contributed by atoms with Gasteiger partial charge in [-0.15, -0.1) is 0 Å². The summed E-state index contributed by atoms with van der Waals surface area (Å²) in [5.41, 5.74) is -0.732. The molecule has 1 heterocycles. The molecule has 1 aromatic rings. The number of hydrogen-bond acceptors (Lipinski definition) is 3. The fourth-order valence-corrected chi connectivity index (χ4v) is 1.12. The van der Waals surface area contributed by atoms with Gasteiger partial charge in [-0.1, -0.05) is 6.92 Å². The van der Waals surface area contributed by atoms with Crippen molar-refractivity contribution in [2.75, 3.05) is 25.0 Å². The first-order valence-corrected chi connectivity index (χ1v) is 5.02. The first-order chi connectivity index (χ1) is 7.54. The molecule has 1 rings (SSSR count). The van der Waals surface area contributed by atoms with Crippen molar-refractivity contribution in [2.24, 2.45) is 0 Å². The lowest BCUT2D eigenvalue weighted by atomic mass is 10.3. The van der Waals surface area contributed by atoms with E-state index >= 15 is 0 Å². The van der Waals surface area contributed by atoms with Crippen LogP contribution in [0.1, 0.15) is 12.5 Å². The van der Waals surface area contributed by atoms with E-state index < -0.39 is 11.7 Å². The van der Waals surface area contributed by atoms with Crippen LogP contribution in [0.3, 0.4) is 0 Å². The van der Waals surface area contributed by atoms with E-state index in [4.69, 9.17) is 0 Å². The molecular weight excluding hydrogens is 219 g/mol. The maximum absolute atomic E-state index is 12.2. The standard InChI is InChI=1S/C10H14F3N3/c1-2-14-5-6-15-9-4-3-8(7-16-9)10(11,12)13/h3-4,7,14H,2,5-6H2,1H3,(H,15,16). The van der Waals surface area contributed by atoms with Crippen molar-refractivity contribution in [3.05, 3.63) is 23.9 Å². The summed E-state index contributed by atoms with van der Waals surface area (Å²) in [5.74, 6) is 0.450. The molecule has 0 amide bonds. The molecule has 3 nitrogen and oxygen atoms in total. The first kappa shape index (κ1) is 12.8. The van der Waals surface area contributed by atoms with Crippen LogP contribution in [0, 0.1) is 0 Å². The van der Waals surface area contributed by atoms with Gasteiger partial charge in [0.05, 0.1) is 5.56 Å². The van der Waals surface area contributed by atoms with Crippen molar-refractivity contribution in [1.29, 1.82) is 0 Å². The van der Waals surface area contributed by atoms with Gasteiger partial charge < -0.3 is 10.6 Å². The molecule has 0 aliphatic carbocycles. The molecule has 2 N–H and O–H groups in total. The fourth-order valence-electron chi connectivity index (χ4n) is 1.12. The highest BCUT2D eigenvalue weighted by Gasteiger charge is 2.30. The fraction of sp³-hybridized carbons (Fsp3) is 0.500. The SMILES string of the molecule is CCNCCNc1ccc(C(F)(F)F)cn1. The zero-order valence-electron chi connectivity index (χ0n) is 8.93. The van der Waals surface area contributed by atoms with Crippen molar-refractivity contribution in [1.82, 2.24) is 10.3 Å². The van der Waals surface area contributed by atoms with E-state index in [1.54, 1.807) is 0 Å². The minimum Gasteiger partial charge on any atom is -0.369 e. The predicted octanol–water partition coefficient (Wildman–Crippen LogP) is 2.12. The van der Waals surface area contributed by atoms with E-state index in [1.807, 2.05) is 6.92 Å². The molecule has 0 radical (unpaired) electrons. The highest BCUT2D eigenvalue weighted by atomic mass is 19.4. The molecule has 1 aromatic heterocycles. The zero-order chi connectivity index (χ0) is 12.0. The number of anilines is 1. The topological polar surface area (TPSA) is 37.0 Å². The van der Waals surface area contributed by atoms with Gasteiger partial charge >= 0.3 is 6.18 Å². The number of halogens is 3. The Balaban J connectivity index is 2.46. The number of hydrogen-bond donors (Lipinski definition) is 2. The molecule has 0 aliphatic heterocycles. The lowest BCUT2D eigenvalue weighted by Crippen LogP contribution is -2.21. The minimum absolute atomic E-state index is 0.450. The second kappa shape index (κ2) is 5.69. The molecule has 0 aromatic carbocycles.